The molecule has 1 fully saturated rings. The first-order valence-electron chi connectivity index (χ1n) is 8.05. The van der Waals surface area contributed by atoms with Crippen LogP contribution in [0.5, 0.6) is 0 Å². The van der Waals surface area contributed by atoms with E-state index in [0.717, 1.165) is 19.6 Å². The predicted molar refractivity (Wildman–Crippen MR) is 92.2 cm³/mol. The second kappa shape index (κ2) is 6.49. The van der Waals surface area contributed by atoms with Gasteiger partial charge >= 0.3 is 0 Å². The van der Waals surface area contributed by atoms with Crippen molar-refractivity contribution in [1.29, 1.82) is 0 Å². The molecule has 2 aromatic rings. The number of pyridine rings is 1. The van der Waals surface area contributed by atoms with Gasteiger partial charge < -0.3 is 4.90 Å². The van der Waals surface area contributed by atoms with Gasteiger partial charge in [0.25, 0.3) is 0 Å². The largest absolute Gasteiger partial charge is 0.370 e. The predicted octanol–water partition coefficient (Wildman–Crippen LogP) is 3.41. The molecular weight excluding hydrogens is 270 g/mol. The average Bonchev–Trinajstić information content (AvgIpc) is 3.02. The molecule has 0 amide bonds. The van der Waals surface area contributed by atoms with Crippen molar-refractivity contribution in [2.75, 3.05) is 25.0 Å². The first-order valence-corrected chi connectivity index (χ1v) is 8.05. The minimum atomic E-state index is 0.620. The standard InChI is InChI=1S/C19H25N3/c1-15-4-5-17(12-16(15)2)13-21(3)19-8-11-22(14-19)18-6-9-20-10-7-18/h4-7,9-10,12,19H,8,11,13-14H2,1-3H3. The van der Waals surface area contributed by atoms with Gasteiger partial charge in [-0.25, -0.2) is 0 Å². The van der Waals surface area contributed by atoms with Gasteiger partial charge in [-0.15, -0.1) is 0 Å². The highest BCUT2D eigenvalue weighted by molar-refractivity contribution is 5.45. The van der Waals surface area contributed by atoms with Gasteiger partial charge in [-0.3, -0.25) is 9.88 Å². The highest BCUT2D eigenvalue weighted by Gasteiger charge is 2.25. The minimum absolute atomic E-state index is 0.620. The molecule has 0 spiro atoms. The molecule has 1 saturated heterocycles. The van der Waals surface area contributed by atoms with Crippen LogP contribution < -0.4 is 4.90 Å². The fraction of sp³-hybridized carbons (Fsp3) is 0.421. The summed E-state index contributed by atoms with van der Waals surface area (Å²) in [5.74, 6) is 0. The van der Waals surface area contributed by atoms with Crippen LogP contribution in [0.25, 0.3) is 0 Å². The summed E-state index contributed by atoms with van der Waals surface area (Å²) in [5, 5.41) is 0. The molecule has 0 bridgehead atoms. The van der Waals surface area contributed by atoms with E-state index in [0.29, 0.717) is 6.04 Å². The summed E-state index contributed by atoms with van der Waals surface area (Å²) in [5.41, 5.74) is 5.46. The van der Waals surface area contributed by atoms with Gasteiger partial charge in [0.15, 0.2) is 0 Å². The molecule has 3 heteroatoms. The lowest BCUT2D eigenvalue weighted by Crippen LogP contribution is -2.34. The van der Waals surface area contributed by atoms with E-state index >= 15 is 0 Å². The van der Waals surface area contributed by atoms with Crippen molar-refractivity contribution in [2.24, 2.45) is 0 Å². The Hall–Kier alpha value is -1.87. The van der Waals surface area contributed by atoms with Crippen molar-refractivity contribution in [3.8, 4) is 0 Å². The SMILES string of the molecule is Cc1ccc(CN(C)C2CCN(c3ccncc3)C2)cc1C. The van der Waals surface area contributed by atoms with Crippen LogP contribution >= 0.6 is 0 Å². The maximum atomic E-state index is 4.10. The van der Waals surface area contributed by atoms with Gasteiger partial charge in [-0.05, 0) is 56.1 Å². The molecule has 116 valence electrons. The molecular formula is C19H25N3. The maximum absolute atomic E-state index is 4.10. The van der Waals surface area contributed by atoms with Crippen LogP contribution in [-0.2, 0) is 6.54 Å². The number of hydrogen-bond donors (Lipinski definition) is 0. The fourth-order valence-corrected chi connectivity index (χ4v) is 3.21. The van der Waals surface area contributed by atoms with Crippen molar-refractivity contribution in [2.45, 2.75) is 32.9 Å². The quantitative estimate of drug-likeness (QED) is 0.861. The Kier molecular flexibility index (Phi) is 4.44. The Morgan fingerprint density at radius 3 is 2.64 bits per heavy atom. The molecule has 0 saturated carbocycles. The van der Waals surface area contributed by atoms with Crippen LogP contribution in [0.2, 0.25) is 0 Å². The molecule has 3 rings (SSSR count). The smallest absolute Gasteiger partial charge is 0.0397 e. The summed E-state index contributed by atoms with van der Waals surface area (Å²) >= 11 is 0. The topological polar surface area (TPSA) is 19.4 Å². The Balaban J connectivity index is 1.61. The second-order valence-corrected chi connectivity index (χ2v) is 6.43. The Morgan fingerprint density at radius 1 is 1.14 bits per heavy atom. The Labute approximate surface area is 133 Å². The third-order valence-corrected chi connectivity index (χ3v) is 4.82. The summed E-state index contributed by atoms with van der Waals surface area (Å²) in [6.45, 7) is 7.62. The van der Waals surface area contributed by atoms with E-state index in [2.05, 4.69) is 66.0 Å². The van der Waals surface area contributed by atoms with Crippen LogP contribution in [0.3, 0.4) is 0 Å². The highest BCUT2D eigenvalue weighted by atomic mass is 15.2. The van der Waals surface area contributed by atoms with Crippen molar-refractivity contribution in [3.63, 3.8) is 0 Å². The van der Waals surface area contributed by atoms with Gasteiger partial charge in [-0.2, -0.15) is 0 Å². The second-order valence-electron chi connectivity index (χ2n) is 6.43. The minimum Gasteiger partial charge on any atom is -0.370 e. The van der Waals surface area contributed by atoms with E-state index < -0.39 is 0 Å². The zero-order valence-corrected chi connectivity index (χ0v) is 13.8. The van der Waals surface area contributed by atoms with Gasteiger partial charge in [0.2, 0.25) is 0 Å². The maximum Gasteiger partial charge on any atom is 0.0397 e. The zero-order chi connectivity index (χ0) is 15.5. The van der Waals surface area contributed by atoms with E-state index in [-0.39, 0.29) is 0 Å². The molecule has 0 N–H and O–H groups in total. The molecule has 3 nitrogen and oxygen atoms in total. The van der Waals surface area contributed by atoms with E-state index in [1.165, 1.54) is 28.8 Å². The van der Waals surface area contributed by atoms with Crippen molar-refractivity contribution in [1.82, 2.24) is 9.88 Å². The summed E-state index contributed by atoms with van der Waals surface area (Å²) in [6, 6.07) is 11.6. The molecule has 1 aliphatic rings. The van der Waals surface area contributed by atoms with Crippen molar-refractivity contribution < 1.29 is 0 Å². The number of aromatic nitrogens is 1. The molecule has 22 heavy (non-hydrogen) atoms. The monoisotopic (exact) mass is 295 g/mol. The molecule has 1 unspecified atom stereocenters. The third-order valence-electron chi connectivity index (χ3n) is 4.82. The van der Waals surface area contributed by atoms with E-state index in [1.54, 1.807) is 0 Å². The lowest BCUT2D eigenvalue weighted by molar-refractivity contribution is 0.250. The van der Waals surface area contributed by atoms with Crippen LogP contribution in [0.4, 0.5) is 5.69 Å². The number of benzene rings is 1. The van der Waals surface area contributed by atoms with Gasteiger partial charge in [0.1, 0.15) is 0 Å². The number of aryl methyl sites for hydroxylation is 2. The van der Waals surface area contributed by atoms with Crippen LogP contribution in [-0.4, -0.2) is 36.1 Å². The first-order chi connectivity index (χ1) is 10.6. The van der Waals surface area contributed by atoms with Crippen molar-refractivity contribution in [3.05, 3.63) is 59.4 Å². The number of anilines is 1. The van der Waals surface area contributed by atoms with E-state index in [9.17, 15) is 0 Å². The first kappa shape index (κ1) is 15.0. The van der Waals surface area contributed by atoms with Crippen LogP contribution in [0, 0.1) is 13.8 Å². The Morgan fingerprint density at radius 2 is 1.91 bits per heavy atom. The normalized spacial score (nSPS) is 18.2. The fourth-order valence-electron chi connectivity index (χ4n) is 3.21. The summed E-state index contributed by atoms with van der Waals surface area (Å²) in [6.07, 6.45) is 4.98. The number of likely N-dealkylation sites (N-methyl/N-ethyl adjacent to an activating group) is 1. The lowest BCUT2D eigenvalue weighted by atomic mass is 10.1. The summed E-state index contributed by atoms with van der Waals surface area (Å²) < 4.78 is 0. The van der Waals surface area contributed by atoms with Crippen LogP contribution in [0.1, 0.15) is 23.1 Å². The average molecular weight is 295 g/mol. The number of hydrogen-bond acceptors (Lipinski definition) is 3. The van der Waals surface area contributed by atoms with Gasteiger partial charge in [0, 0.05) is 43.8 Å². The Bertz CT molecular complexity index is 624. The van der Waals surface area contributed by atoms with Crippen molar-refractivity contribution >= 4 is 5.69 Å². The van der Waals surface area contributed by atoms with Gasteiger partial charge in [0.05, 0.1) is 0 Å². The molecule has 1 aliphatic heterocycles. The molecule has 0 radical (unpaired) electrons. The van der Waals surface area contributed by atoms with E-state index in [1.807, 2.05) is 12.4 Å². The molecule has 1 aromatic carbocycles. The summed E-state index contributed by atoms with van der Waals surface area (Å²) in [4.78, 5) is 9.06. The van der Waals surface area contributed by atoms with Crippen LogP contribution in [0.15, 0.2) is 42.7 Å². The number of nitrogens with zero attached hydrogens (tertiary/aromatic N) is 3. The lowest BCUT2D eigenvalue weighted by Gasteiger charge is -2.25. The third kappa shape index (κ3) is 3.30. The molecule has 1 atom stereocenters. The zero-order valence-electron chi connectivity index (χ0n) is 13.8. The molecule has 1 aromatic heterocycles. The molecule has 0 aliphatic carbocycles. The number of rotatable bonds is 4. The van der Waals surface area contributed by atoms with E-state index in [4.69, 9.17) is 0 Å². The highest BCUT2D eigenvalue weighted by Crippen LogP contribution is 2.23. The molecule has 2 heterocycles. The van der Waals surface area contributed by atoms with Gasteiger partial charge in [-0.1, -0.05) is 18.2 Å². The summed E-state index contributed by atoms with van der Waals surface area (Å²) in [7, 11) is 2.25.